The molecule has 1 aromatic rings. The number of hydrogen-bond donors (Lipinski definition) is 0. The van der Waals surface area contributed by atoms with E-state index in [0.717, 1.165) is 12.5 Å². The van der Waals surface area contributed by atoms with Gasteiger partial charge in [-0.2, -0.15) is 0 Å². The molecule has 100 valence electrons. The number of para-hydroxylation sites is 1. The van der Waals surface area contributed by atoms with E-state index in [0.29, 0.717) is 0 Å². The first-order valence-corrected chi connectivity index (χ1v) is 7.15. The molecule has 0 aromatic heterocycles. The number of benzene rings is 1. The average molecular weight is 245 g/mol. The van der Waals surface area contributed by atoms with E-state index < -0.39 is 0 Å². The predicted octanol–water partition coefficient (Wildman–Crippen LogP) is 4.98. The van der Waals surface area contributed by atoms with Crippen LogP contribution in [0.15, 0.2) is 30.8 Å². The monoisotopic (exact) mass is 245 g/mol. The zero-order valence-corrected chi connectivity index (χ0v) is 12.2. The van der Waals surface area contributed by atoms with Crippen LogP contribution in [-0.4, -0.2) is 13.6 Å². The highest BCUT2D eigenvalue weighted by atomic mass is 15.1. The van der Waals surface area contributed by atoms with Crippen molar-refractivity contribution >= 4 is 11.8 Å². The SMILES string of the molecule is C=Cc1ccccc1N(C)CC(CC)CCCC. The largest absolute Gasteiger partial charge is 0.374 e. The second kappa shape index (κ2) is 7.97. The van der Waals surface area contributed by atoms with E-state index in [9.17, 15) is 0 Å². The maximum absolute atomic E-state index is 3.90. The van der Waals surface area contributed by atoms with Gasteiger partial charge in [-0.1, -0.05) is 64.0 Å². The number of rotatable bonds is 8. The Balaban J connectivity index is 2.67. The molecule has 1 nitrogen and oxygen atoms in total. The molecule has 1 heteroatoms. The molecule has 0 saturated carbocycles. The predicted molar refractivity (Wildman–Crippen MR) is 83.1 cm³/mol. The first kappa shape index (κ1) is 14.8. The first-order valence-electron chi connectivity index (χ1n) is 7.15. The fraction of sp³-hybridized carbons (Fsp3) is 0.529. The summed E-state index contributed by atoms with van der Waals surface area (Å²) in [7, 11) is 2.19. The van der Waals surface area contributed by atoms with Crippen LogP contribution in [0.1, 0.15) is 45.1 Å². The Hall–Kier alpha value is -1.24. The van der Waals surface area contributed by atoms with Crippen LogP contribution >= 0.6 is 0 Å². The van der Waals surface area contributed by atoms with Gasteiger partial charge in [0.05, 0.1) is 0 Å². The summed E-state index contributed by atoms with van der Waals surface area (Å²) in [5.74, 6) is 0.799. The summed E-state index contributed by atoms with van der Waals surface area (Å²) >= 11 is 0. The van der Waals surface area contributed by atoms with Crippen LogP contribution in [0.4, 0.5) is 5.69 Å². The fourth-order valence-corrected chi connectivity index (χ4v) is 2.41. The minimum atomic E-state index is 0.799. The summed E-state index contributed by atoms with van der Waals surface area (Å²) < 4.78 is 0. The van der Waals surface area contributed by atoms with Crippen LogP contribution in [0.3, 0.4) is 0 Å². The summed E-state index contributed by atoms with van der Waals surface area (Å²) in [6.45, 7) is 9.60. The van der Waals surface area contributed by atoms with Gasteiger partial charge in [-0.3, -0.25) is 0 Å². The fourth-order valence-electron chi connectivity index (χ4n) is 2.41. The molecule has 18 heavy (non-hydrogen) atoms. The lowest BCUT2D eigenvalue weighted by molar-refractivity contribution is 0.453. The van der Waals surface area contributed by atoms with E-state index >= 15 is 0 Å². The molecule has 1 aromatic carbocycles. The lowest BCUT2D eigenvalue weighted by Gasteiger charge is -2.26. The smallest absolute Gasteiger partial charge is 0.0437 e. The summed E-state index contributed by atoms with van der Waals surface area (Å²) in [6, 6.07) is 8.49. The lowest BCUT2D eigenvalue weighted by Crippen LogP contribution is -2.25. The molecule has 1 rings (SSSR count). The molecule has 0 spiro atoms. The van der Waals surface area contributed by atoms with Gasteiger partial charge in [0.1, 0.15) is 0 Å². The van der Waals surface area contributed by atoms with Gasteiger partial charge in [0.15, 0.2) is 0 Å². The second-order valence-corrected chi connectivity index (χ2v) is 5.06. The Bertz CT molecular complexity index is 356. The zero-order valence-electron chi connectivity index (χ0n) is 12.2. The van der Waals surface area contributed by atoms with Crippen LogP contribution in [-0.2, 0) is 0 Å². The minimum absolute atomic E-state index is 0.799. The van der Waals surface area contributed by atoms with Crippen molar-refractivity contribution in [3.05, 3.63) is 36.4 Å². The molecule has 0 fully saturated rings. The first-order chi connectivity index (χ1) is 8.72. The minimum Gasteiger partial charge on any atom is -0.374 e. The third kappa shape index (κ3) is 4.21. The van der Waals surface area contributed by atoms with Crippen molar-refractivity contribution in [2.45, 2.75) is 39.5 Å². The van der Waals surface area contributed by atoms with Gasteiger partial charge in [-0.25, -0.2) is 0 Å². The van der Waals surface area contributed by atoms with Crippen LogP contribution in [0, 0.1) is 5.92 Å². The molecule has 0 saturated heterocycles. The number of unbranched alkanes of at least 4 members (excludes halogenated alkanes) is 1. The van der Waals surface area contributed by atoms with Crippen LogP contribution < -0.4 is 4.90 Å². The van der Waals surface area contributed by atoms with Gasteiger partial charge < -0.3 is 4.90 Å². The highest BCUT2D eigenvalue weighted by Crippen LogP contribution is 2.23. The highest BCUT2D eigenvalue weighted by Gasteiger charge is 2.11. The molecule has 0 radical (unpaired) electrons. The Kier molecular flexibility index (Phi) is 6.56. The Morgan fingerprint density at radius 3 is 2.61 bits per heavy atom. The van der Waals surface area contributed by atoms with Gasteiger partial charge in [0, 0.05) is 19.3 Å². The number of nitrogens with zero attached hydrogens (tertiary/aromatic N) is 1. The van der Waals surface area contributed by atoms with Crippen molar-refractivity contribution in [1.82, 2.24) is 0 Å². The van der Waals surface area contributed by atoms with Gasteiger partial charge in [-0.15, -0.1) is 0 Å². The normalized spacial score (nSPS) is 12.2. The quantitative estimate of drug-likeness (QED) is 0.624. The maximum atomic E-state index is 3.90. The Morgan fingerprint density at radius 2 is 2.00 bits per heavy atom. The summed E-state index contributed by atoms with van der Waals surface area (Å²) in [4.78, 5) is 2.38. The van der Waals surface area contributed by atoms with Crippen LogP contribution in [0.5, 0.6) is 0 Å². The van der Waals surface area contributed by atoms with Crippen molar-refractivity contribution in [3.8, 4) is 0 Å². The second-order valence-electron chi connectivity index (χ2n) is 5.06. The Labute approximate surface area is 113 Å². The average Bonchev–Trinajstić information content (AvgIpc) is 2.43. The van der Waals surface area contributed by atoms with E-state index in [2.05, 4.69) is 56.6 Å². The van der Waals surface area contributed by atoms with Crippen molar-refractivity contribution in [1.29, 1.82) is 0 Å². The summed E-state index contributed by atoms with van der Waals surface area (Å²) in [5.41, 5.74) is 2.52. The third-order valence-corrected chi connectivity index (χ3v) is 3.64. The number of hydrogen-bond acceptors (Lipinski definition) is 1. The van der Waals surface area contributed by atoms with Crippen LogP contribution in [0.2, 0.25) is 0 Å². The van der Waals surface area contributed by atoms with E-state index in [1.807, 2.05) is 6.08 Å². The third-order valence-electron chi connectivity index (χ3n) is 3.64. The van der Waals surface area contributed by atoms with E-state index in [4.69, 9.17) is 0 Å². The molecular formula is C17H27N. The van der Waals surface area contributed by atoms with Crippen molar-refractivity contribution in [3.63, 3.8) is 0 Å². The summed E-state index contributed by atoms with van der Waals surface area (Å²) in [5, 5.41) is 0. The van der Waals surface area contributed by atoms with Gasteiger partial charge in [0.25, 0.3) is 0 Å². The van der Waals surface area contributed by atoms with Crippen molar-refractivity contribution < 1.29 is 0 Å². The molecule has 1 unspecified atom stereocenters. The molecule has 0 aliphatic rings. The van der Waals surface area contributed by atoms with Gasteiger partial charge in [-0.05, 0) is 24.0 Å². The molecule has 0 amide bonds. The highest BCUT2D eigenvalue weighted by molar-refractivity contribution is 5.66. The van der Waals surface area contributed by atoms with Crippen LogP contribution in [0.25, 0.3) is 6.08 Å². The molecule has 0 heterocycles. The van der Waals surface area contributed by atoms with Crippen molar-refractivity contribution in [2.75, 3.05) is 18.5 Å². The Morgan fingerprint density at radius 1 is 1.28 bits per heavy atom. The van der Waals surface area contributed by atoms with Gasteiger partial charge >= 0.3 is 0 Å². The molecule has 1 atom stereocenters. The zero-order chi connectivity index (χ0) is 13.4. The maximum Gasteiger partial charge on any atom is 0.0437 e. The summed E-state index contributed by atoms with van der Waals surface area (Å²) in [6.07, 6.45) is 7.19. The van der Waals surface area contributed by atoms with E-state index in [1.54, 1.807) is 0 Å². The number of anilines is 1. The van der Waals surface area contributed by atoms with E-state index in [-0.39, 0.29) is 0 Å². The molecule has 0 aliphatic heterocycles. The molecule has 0 bridgehead atoms. The topological polar surface area (TPSA) is 3.24 Å². The lowest BCUT2D eigenvalue weighted by atomic mass is 9.98. The van der Waals surface area contributed by atoms with E-state index in [1.165, 1.54) is 36.9 Å². The molecule has 0 N–H and O–H groups in total. The molecular weight excluding hydrogens is 218 g/mol. The molecule has 0 aliphatic carbocycles. The van der Waals surface area contributed by atoms with Crippen molar-refractivity contribution in [2.24, 2.45) is 5.92 Å². The van der Waals surface area contributed by atoms with Gasteiger partial charge in [0.2, 0.25) is 0 Å². The standard InChI is InChI=1S/C17H27N/c1-5-8-11-15(6-2)14-18(4)17-13-10-9-12-16(17)7-3/h7,9-10,12-13,15H,3,5-6,8,11,14H2,1-2,4H3.